The standard InChI is InChI=1S/C61H102O12S/c1-3-5-7-9-11-13-15-17-19-21-23-25-27-28-29-30-32-34-36-38-40-42-44-46-48-50-57(63)71-55(54-70-61-59(65)60(73-74(66,67)68)58(64)56(52-62)72-61)53-69-51-49-47-45-43-41-39-37-35-33-31-26-24-22-20-18-16-14-12-10-8-6-4-2/h5-8,11-14,17-20,23-26,28-29,55-56,58-62,64-65H,3-4,9-10,15-16,21-22,27,30-54H2,1-2H3,(H,66,67,68)/b7-5-,8-6-,13-11-,14-12-,19-17-,20-18-,25-23-,26-24-,29-28-. The molecule has 1 heterocycles. The number of hydrogen-bond acceptors (Lipinski definition) is 11. The lowest BCUT2D eigenvalue weighted by Crippen LogP contribution is -2.60. The molecule has 0 saturated carbocycles. The van der Waals surface area contributed by atoms with Gasteiger partial charge in [-0.2, -0.15) is 8.42 Å². The van der Waals surface area contributed by atoms with Crippen LogP contribution in [0.4, 0.5) is 0 Å². The molecule has 0 radical (unpaired) electrons. The van der Waals surface area contributed by atoms with Crippen LogP contribution in [0.25, 0.3) is 0 Å². The van der Waals surface area contributed by atoms with E-state index in [1.807, 2.05) is 0 Å². The Balaban J connectivity index is 2.32. The molecule has 0 aromatic carbocycles. The van der Waals surface area contributed by atoms with Crippen LogP contribution in [-0.2, 0) is 38.3 Å². The van der Waals surface area contributed by atoms with Crippen molar-refractivity contribution in [3.8, 4) is 0 Å². The quantitative estimate of drug-likeness (QED) is 0.0196. The zero-order valence-corrected chi connectivity index (χ0v) is 46.7. The maximum Gasteiger partial charge on any atom is 0.397 e. The van der Waals surface area contributed by atoms with Crippen LogP contribution in [0, 0.1) is 0 Å². The number of esters is 1. The number of allylic oxidation sites excluding steroid dienone is 18. The maximum absolute atomic E-state index is 13.0. The molecule has 12 nitrogen and oxygen atoms in total. The molecule has 13 heteroatoms. The highest BCUT2D eigenvalue weighted by molar-refractivity contribution is 7.80. The van der Waals surface area contributed by atoms with Crippen molar-refractivity contribution in [2.45, 2.75) is 243 Å². The zero-order valence-electron chi connectivity index (χ0n) is 45.9. The van der Waals surface area contributed by atoms with Gasteiger partial charge in [0, 0.05) is 13.0 Å². The van der Waals surface area contributed by atoms with E-state index in [0.29, 0.717) is 13.0 Å². The van der Waals surface area contributed by atoms with Crippen molar-refractivity contribution in [2.75, 3.05) is 26.4 Å². The lowest BCUT2D eigenvalue weighted by molar-refractivity contribution is -0.301. The zero-order chi connectivity index (χ0) is 53.8. The molecule has 424 valence electrons. The Morgan fingerprint density at radius 2 is 0.892 bits per heavy atom. The van der Waals surface area contributed by atoms with Crippen molar-refractivity contribution in [1.29, 1.82) is 0 Å². The third-order valence-corrected chi connectivity index (χ3v) is 12.9. The van der Waals surface area contributed by atoms with Crippen LogP contribution in [0.15, 0.2) is 109 Å². The first-order chi connectivity index (χ1) is 36.1. The summed E-state index contributed by atoms with van der Waals surface area (Å²) in [6.07, 6.45) is 62.6. The van der Waals surface area contributed by atoms with E-state index in [0.717, 1.165) is 109 Å². The highest BCUT2D eigenvalue weighted by atomic mass is 32.3. The second-order valence-electron chi connectivity index (χ2n) is 19.1. The van der Waals surface area contributed by atoms with Crippen LogP contribution in [0.3, 0.4) is 0 Å². The number of carbonyl (C=O) groups excluding carboxylic acids is 1. The lowest BCUT2D eigenvalue weighted by atomic mass is 9.99. The number of rotatable bonds is 49. The van der Waals surface area contributed by atoms with Crippen molar-refractivity contribution < 1.29 is 56.2 Å². The maximum atomic E-state index is 13.0. The largest absolute Gasteiger partial charge is 0.457 e. The minimum absolute atomic E-state index is 0.0226. The van der Waals surface area contributed by atoms with Crippen LogP contribution in [0.1, 0.15) is 206 Å². The van der Waals surface area contributed by atoms with Crippen LogP contribution < -0.4 is 0 Å². The van der Waals surface area contributed by atoms with Gasteiger partial charge < -0.3 is 34.3 Å². The predicted octanol–water partition coefficient (Wildman–Crippen LogP) is 14.3. The van der Waals surface area contributed by atoms with E-state index in [1.165, 1.54) is 70.6 Å². The summed E-state index contributed by atoms with van der Waals surface area (Å²) in [4.78, 5) is 13.0. The van der Waals surface area contributed by atoms with Crippen molar-refractivity contribution in [2.24, 2.45) is 0 Å². The molecule has 0 aromatic rings. The molecule has 0 spiro atoms. The van der Waals surface area contributed by atoms with Crippen LogP contribution in [0.5, 0.6) is 0 Å². The van der Waals surface area contributed by atoms with E-state index >= 15 is 0 Å². The number of ether oxygens (including phenoxy) is 4. The van der Waals surface area contributed by atoms with Gasteiger partial charge in [0.05, 0.1) is 19.8 Å². The molecule has 74 heavy (non-hydrogen) atoms. The Morgan fingerprint density at radius 1 is 0.514 bits per heavy atom. The van der Waals surface area contributed by atoms with Crippen molar-refractivity contribution in [3.63, 3.8) is 0 Å². The number of hydrogen-bond donors (Lipinski definition) is 4. The molecule has 0 bridgehead atoms. The highest BCUT2D eigenvalue weighted by Crippen LogP contribution is 2.26. The molecule has 0 amide bonds. The molecule has 1 fully saturated rings. The molecule has 6 unspecified atom stereocenters. The lowest BCUT2D eigenvalue weighted by Gasteiger charge is -2.41. The summed E-state index contributed by atoms with van der Waals surface area (Å²) in [7, 11) is -5.08. The predicted molar refractivity (Wildman–Crippen MR) is 303 cm³/mol. The first kappa shape index (κ1) is 68.8. The van der Waals surface area contributed by atoms with Crippen molar-refractivity contribution in [3.05, 3.63) is 109 Å². The third kappa shape index (κ3) is 42.9. The minimum Gasteiger partial charge on any atom is -0.457 e. The monoisotopic (exact) mass is 1060 g/mol. The molecule has 4 N–H and O–H groups in total. The van der Waals surface area contributed by atoms with Crippen molar-refractivity contribution in [1.82, 2.24) is 0 Å². The molecule has 6 atom stereocenters. The van der Waals surface area contributed by atoms with E-state index in [2.05, 4.69) is 127 Å². The number of carbonyl (C=O) groups is 1. The van der Waals surface area contributed by atoms with Crippen LogP contribution in [0.2, 0.25) is 0 Å². The second-order valence-corrected chi connectivity index (χ2v) is 20.2. The van der Waals surface area contributed by atoms with Crippen LogP contribution >= 0.6 is 0 Å². The Hall–Kier alpha value is -3.24. The van der Waals surface area contributed by atoms with Gasteiger partial charge in [0.25, 0.3) is 0 Å². The molecule has 1 saturated heterocycles. The summed E-state index contributed by atoms with van der Waals surface area (Å²) >= 11 is 0. The van der Waals surface area contributed by atoms with E-state index in [1.54, 1.807) is 0 Å². The normalized spacial score (nSPS) is 19.6. The van der Waals surface area contributed by atoms with Gasteiger partial charge in [-0.1, -0.05) is 213 Å². The summed E-state index contributed by atoms with van der Waals surface area (Å²) in [6.45, 7) is 3.75. The van der Waals surface area contributed by atoms with E-state index in [-0.39, 0.29) is 19.6 Å². The fourth-order valence-electron chi connectivity index (χ4n) is 8.16. The topological polar surface area (TPSA) is 178 Å². The van der Waals surface area contributed by atoms with Gasteiger partial charge in [0.2, 0.25) is 0 Å². The SMILES string of the molecule is CC/C=C\C/C=C\C/C=C\C/C=C\C/C=C\CCCCCCCCCCCC(=O)OC(COCCCCCCCCCCC/C=C\C/C=C\C/C=C\C/C=C\CC)COC1OC(CO)C(O)C(OS(=O)(=O)O)C1O. The van der Waals surface area contributed by atoms with Gasteiger partial charge in [-0.3, -0.25) is 9.35 Å². The van der Waals surface area contributed by atoms with E-state index in [4.69, 9.17) is 18.9 Å². The molecule has 0 aromatic heterocycles. The van der Waals surface area contributed by atoms with Crippen LogP contribution in [-0.4, -0.2) is 97.5 Å². The van der Waals surface area contributed by atoms with Gasteiger partial charge in [-0.25, -0.2) is 4.18 Å². The summed E-state index contributed by atoms with van der Waals surface area (Å²) < 4.78 is 59.4. The fourth-order valence-corrected chi connectivity index (χ4v) is 8.67. The fraction of sp³-hybridized carbons (Fsp3) is 0.689. The molecule has 1 aliphatic heterocycles. The highest BCUT2D eigenvalue weighted by Gasteiger charge is 2.48. The smallest absolute Gasteiger partial charge is 0.397 e. The summed E-state index contributed by atoms with van der Waals surface area (Å²) in [6, 6.07) is 0. The minimum atomic E-state index is -5.08. The average molecular weight is 1060 g/mol. The van der Waals surface area contributed by atoms with Gasteiger partial charge in [-0.15, -0.1) is 0 Å². The number of aliphatic hydroxyl groups is 3. The Bertz CT molecular complexity index is 1700. The van der Waals surface area contributed by atoms with Gasteiger partial charge in [-0.05, 0) is 96.3 Å². The Kier molecular flexibility index (Phi) is 47.0. The number of unbranched alkanes of at least 4 members (excludes halogenated alkanes) is 18. The molecular weight excluding hydrogens is 957 g/mol. The first-order valence-electron chi connectivity index (χ1n) is 28.6. The molecular formula is C61H102O12S. The summed E-state index contributed by atoms with van der Waals surface area (Å²) in [5.41, 5.74) is 0. The summed E-state index contributed by atoms with van der Waals surface area (Å²) in [5.74, 6) is -0.411. The average Bonchev–Trinajstić information content (AvgIpc) is 3.38. The van der Waals surface area contributed by atoms with E-state index in [9.17, 15) is 33.1 Å². The molecule has 1 aliphatic rings. The number of aliphatic hydroxyl groups excluding tert-OH is 3. The second kappa shape index (κ2) is 50.6. The van der Waals surface area contributed by atoms with Crippen molar-refractivity contribution >= 4 is 16.4 Å². The van der Waals surface area contributed by atoms with Gasteiger partial charge in [0.15, 0.2) is 6.29 Å². The molecule has 0 aliphatic carbocycles. The third-order valence-electron chi connectivity index (χ3n) is 12.4. The molecule has 1 rings (SSSR count). The van der Waals surface area contributed by atoms with Gasteiger partial charge >= 0.3 is 16.4 Å². The Morgan fingerprint density at radius 3 is 1.30 bits per heavy atom. The summed E-state index contributed by atoms with van der Waals surface area (Å²) in [5, 5.41) is 30.9. The first-order valence-corrected chi connectivity index (χ1v) is 30.0. The Labute approximate surface area is 449 Å². The van der Waals surface area contributed by atoms with Gasteiger partial charge in [0.1, 0.15) is 30.5 Å². The van der Waals surface area contributed by atoms with E-state index < -0.39 is 59.8 Å².